The molecule has 0 bridgehead atoms. The molecule has 0 unspecified atom stereocenters. The van der Waals surface area contributed by atoms with Crippen LogP contribution in [-0.4, -0.2) is 19.3 Å². The van der Waals surface area contributed by atoms with Crippen LogP contribution < -0.4 is 9.47 Å². The van der Waals surface area contributed by atoms with Gasteiger partial charge in [-0.3, -0.25) is 0 Å². The van der Waals surface area contributed by atoms with Crippen LogP contribution in [0.2, 0.25) is 0 Å². The minimum atomic E-state index is 0.1000. The van der Waals surface area contributed by atoms with E-state index < -0.39 is 0 Å². The molecule has 1 N–H and O–H groups in total. The molecule has 0 aliphatic carbocycles. The van der Waals surface area contributed by atoms with Gasteiger partial charge in [0.25, 0.3) is 0 Å². The fraction of sp³-hybridized carbons (Fsp3) is 0.200. The number of furan rings is 1. The van der Waals surface area contributed by atoms with Crippen molar-refractivity contribution in [3.8, 4) is 28.6 Å². The summed E-state index contributed by atoms with van der Waals surface area (Å²) in [7, 11) is 3.16. The maximum Gasteiger partial charge on any atom is 0.176 e. The standard InChI is InChI=1S/C20H20O4/c1-5-6-13-9-15-12(2)19(24-20(15)18(10-13)23-4)14-7-8-16(21)17(11-14)22-3/h5-11,21H,1-4H3/b6-5+. The van der Waals surface area contributed by atoms with Crippen LogP contribution in [0.1, 0.15) is 18.1 Å². The van der Waals surface area contributed by atoms with E-state index in [-0.39, 0.29) is 5.75 Å². The van der Waals surface area contributed by atoms with Gasteiger partial charge in [-0.2, -0.15) is 0 Å². The molecule has 1 aromatic heterocycles. The summed E-state index contributed by atoms with van der Waals surface area (Å²) >= 11 is 0. The first-order chi connectivity index (χ1) is 11.6. The van der Waals surface area contributed by atoms with Gasteiger partial charge in [0.05, 0.1) is 14.2 Å². The number of fused-ring (bicyclic) bond motifs is 1. The van der Waals surface area contributed by atoms with Crippen molar-refractivity contribution in [2.24, 2.45) is 0 Å². The molecule has 0 saturated carbocycles. The van der Waals surface area contributed by atoms with Gasteiger partial charge in [0.1, 0.15) is 5.76 Å². The van der Waals surface area contributed by atoms with Crippen molar-refractivity contribution < 1.29 is 19.0 Å². The number of allylic oxidation sites excluding steroid dienone is 1. The van der Waals surface area contributed by atoms with Gasteiger partial charge in [-0.1, -0.05) is 12.2 Å². The molecule has 3 aromatic rings. The average molecular weight is 324 g/mol. The predicted molar refractivity (Wildman–Crippen MR) is 95.9 cm³/mol. The summed E-state index contributed by atoms with van der Waals surface area (Å²) in [5.74, 6) is 1.94. The largest absolute Gasteiger partial charge is 0.504 e. The van der Waals surface area contributed by atoms with E-state index in [2.05, 4.69) is 6.07 Å². The second kappa shape index (κ2) is 6.32. The molecule has 0 aliphatic rings. The summed E-state index contributed by atoms with van der Waals surface area (Å²) in [6.07, 6.45) is 4.01. The molecule has 0 aliphatic heterocycles. The smallest absolute Gasteiger partial charge is 0.176 e. The molecule has 0 spiro atoms. The SMILES string of the molecule is C/C=C/c1cc(OC)c2oc(-c3ccc(O)c(OC)c3)c(C)c2c1. The van der Waals surface area contributed by atoms with Crippen molar-refractivity contribution in [3.05, 3.63) is 47.5 Å². The Hall–Kier alpha value is -2.88. The Morgan fingerprint density at radius 2 is 1.79 bits per heavy atom. The van der Waals surface area contributed by atoms with Crippen LogP contribution in [0.4, 0.5) is 0 Å². The van der Waals surface area contributed by atoms with E-state index in [0.717, 1.165) is 27.8 Å². The second-order valence-corrected chi connectivity index (χ2v) is 5.54. The lowest BCUT2D eigenvalue weighted by Crippen LogP contribution is -1.85. The molecule has 1 heterocycles. The van der Waals surface area contributed by atoms with Gasteiger partial charge in [0.15, 0.2) is 22.8 Å². The normalized spacial score (nSPS) is 11.3. The van der Waals surface area contributed by atoms with Crippen molar-refractivity contribution in [1.29, 1.82) is 0 Å². The van der Waals surface area contributed by atoms with E-state index in [1.54, 1.807) is 19.2 Å². The van der Waals surface area contributed by atoms with Gasteiger partial charge in [0, 0.05) is 16.5 Å². The van der Waals surface area contributed by atoms with Crippen LogP contribution in [0.3, 0.4) is 0 Å². The van der Waals surface area contributed by atoms with E-state index in [1.807, 2.05) is 38.1 Å². The molecule has 0 atom stereocenters. The highest BCUT2D eigenvalue weighted by Gasteiger charge is 2.17. The first kappa shape index (κ1) is 16.0. The summed E-state index contributed by atoms with van der Waals surface area (Å²) in [4.78, 5) is 0. The van der Waals surface area contributed by atoms with Crippen molar-refractivity contribution in [3.63, 3.8) is 0 Å². The number of hydrogen-bond acceptors (Lipinski definition) is 4. The molecular weight excluding hydrogens is 304 g/mol. The topological polar surface area (TPSA) is 51.8 Å². The summed E-state index contributed by atoms with van der Waals surface area (Å²) in [5, 5.41) is 10.8. The lowest BCUT2D eigenvalue weighted by molar-refractivity contribution is 0.373. The van der Waals surface area contributed by atoms with Crippen LogP contribution in [0.15, 0.2) is 40.8 Å². The zero-order chi connectivity index (χ0) is 17.3. The number of aromatic hydroxyl groups is 1. The third kappa shape index (κ3) is 2.60. The molecule has 3 rings (SSSR count). The third-order valence-electron chi connectivity index (χ3n) is 4.05. The van der Waals surface area contributed by atoms with Gasteiger partial charge in [0.2, 0.25) is 0 Å². The third-order valence-corrected chi connectivity index (χ3v) is 4.05. The fourth-order valence-electron chi connectivity index (χ4n) is 2.84. The van der Waals surface area contributed by atoms with Gasteiger partial charge in [-0.25, -0.2) is 0 Å². The molecule has 4 heteroatoms. The molecule has 0 fully saturated rings. The molecule has 0 amide bonds. The minimum Gasteiger partial charge on any atom is -0.504 e. The highest BCUT2D eigenvalue weighted by molar-refractivity contribution is 5.93. The van der Waals surface area contributed by atoms with Crippen molar-refractivity contribution in [2.75, 3.05) is 14.2 Å². The van der Waals surface area contributed by atoms with Crippen molar-refractivity contribution >= 4 is 17.0 Å². The van der Waals surface area contributed by atoms with E-state index in [0.29, 0.717) is 17.1 Å². The minimum absolute atomic E-state index is 0.1000. The number of rotatable bonds is 4. The van der Waals surface area contributed by atoms with Crippen molar-refractivity contribution in [1.82, 2.24) is 0 Å². The summed E-state index contributed by atoms with van der Waals surface area (Å²) in [6.45, 7) is 3.99. The Balaban J connectivity index is 2.25. The van der Waals surface area contributed by atoms with Gasteiger partial charge in [-0.15, -0.1) is 0 Å². The number of methoxy groups -OCH3 is 2. The number of benzene rings is 2. The van der Waals surface area contributed by atoms with Crippen LogP contribution in [0, 0.1) is 6.92 Å². The first-order valence-electron chi connectivity index (χ1n) is 7.70. The lowest BCUT2D eigenvalue weighted by atomic mass is 10.0. The second-order valence-electron chi connectivity index (χ2n) is 5.54. The van der Waals surface area contributed by atoms with Gasteiger partial charge < -0.3 is 19.0 Å². The van der Waals surface area contributed by atoms with E-state index in [1.165, 1.54) is 7.11 Å². The fourth-order valence-corrected chi connectivity index (χ4v) is 2.84. The van der Waals surface area contributed by atoms with E-state index in [9.17, 15) is 5.11 Å². The maximum absolute atomic E-state index is 9.79. The Labute approximate surface area is 140 Å². The zero-order valence-corrected chi connectivity index (χ0v) is 14.2. The van der Waals surface area contributed by atoms with Crippen LogP contribution in [0.25, 0.3) is 28.4 Å². The monoisotopic (exact) mass is 324 g/mol. The van der Waals surface area contributed by atoms with Gasteiger partial charge in [-0.05, 0) is 49.7 Å². The number of phenols is 1. The van der Waals surface area contributed by atoms with Crippen molar-refractivity contribution in [2.45, 2.75) is 13.8 Å². The molecule has 4 nitrogen and oxygen atoms in total. The molecule has 24 heavy (non-hydrogen) atoms. The summed E-state index contributed by atoms with van der Waals surface area (Å²) < 4.78 is 16.8. The maximum atomic E-state index is 9.79. The molecular formula is C20H20O4. The zero-order valence-electron chi connectivity index (χ0n) is 14.2. The Morgan fingerprint density at radius 1 is 1.04 bits per heavy atom. The van der Waals surface area contributed by atoms with E-state index in [4.69, 9.17) is 13.9 Å². The average Bonchev–Trinajstić information content (AvgIpc) is 2.92. The first-order valence-corrected chi connectivity index (χ1v) is 7.70. The Bertz CT molecular complexity index is 919. The number of ether oxygens (including phenoxy) is 2. The number of phenolic OH excluding ortho intramolecular Hbond substituents is 1. The van der Waals surface area contributed by atoms with E-state index >= 15 is 0 Å². The predicted octanol–water partition coefficient (Wildman–Crippen LogP) is 5.16. The number of hydrogen-bond donors (Lipinski definition) is 1. The highest BCUT2D eigenvalue weighted by atomic mass is 16.5. The van der Waals surface area contributed by atoms with Crippen LogP contribution >= 0.6 is 0 Å². The van der Waals surface area contributed by atoms with Crippen LogP contribution in [-0.2, 0) is 0 Å². The molecule has 124 valence electrons. The molecule has 0 radical (unpaired) electrons. The summed E-state index contributed by atoms with van der Waals surface area (Å²) in [6, 6.07) is 9.20. The molecule has 0 saturated heterocycles. The Kier molecular flexibility index (Phi) is 4.21. The van der Waals surface area contributed by atoms with Crippen LogP contribution in [0.5, 0.6) is 17.2 Å². The molecule has 2 aromatic carbocycles. The Morgan fingerprint density at radius 3 is 2.46 bits per heavy atom. The number of aryl methyl sites for hydroxylation is 1. The highest BCUT2D eigenvalue weighted by Crippen LogP contribution is 2.40. The lowest BCUT2D eigenvalue weighted by Gasteiger charge is -2.05. The summed E-state index contributed by atoms with van der Waals surface area (Å²) in [5.41, 5.74) is 3.63. The quantitative estimate of drug-likeness (QED) is 0.720. The van der Waals surface area contributed by atoms with Gasteiger partial charge >= 0.3 is 0 Å².